The predicted octanol–water partition coefficient (Wildman–Crippen LogP) is 1.82. The molecule has 1 saturated heterocycles. The van der Waals surface area contributed by atoms with Gasteiger partial charge >= 0.3 is 0 Å². The van der Waals surface area contributed by atoms with E-state index in [1.54, 1.807) is 6.07 Å². The number of rotatable bonds is 4. The fourth-order valence-electron chi connectivity index (χ4n) is 2.68. The molecule has 2 rings (SSSR count). The second-order valence-electron chi connectivity index (χ2n) is 5.08. The van der Waals surface area contributed by atoms with E-state index < -0.39 is 26.9 Å². The van der Waals surface area contributed by atoms with Crippen LogP contribution < -0.4 is 11.3 Å². The lowest BCUT2D eigenvalue weighted by molar-refractivity contribution is 0.435. The number of sulfone groups is 1. The summed E-state index contributed by atoms with van der Waals surface area (Å²) in [5.41, 5.74) is 2.83. The summed E-state index contributed by atoms with van der Waals surface area (Å²) < 4.78 is 38.0. The number of nitrogens with two attached hydrogens (primary N) is 1. The van der Waals surface area contributed by atoms with Crippen molar-refractivity contribution in [3.8, 4) is 0 Å². The summed E-state index contributed by atoms with van der Waals surface area (Å²) in [6.45, 7) is 0. The van der Waals surface area contributed by atoms with E-state index >= 15 is 0 Å². The highest BCUT2D eigenvalue weighted by Gasteiger charge is 2.35. The number of hydrazine groups is 1. The number of nitrogens with one attached hydrogen (secondary N) is 1. The van der Waals surface area contributed by atoms with Crippen LogP contribution in [0.3, 0.4) is 0 Å². The third-order valence-corrected chi connectivity index (χ3v) is 6.48. The van der Waals surface area contributed by atoms with Crippen molar-refractivity contribution in [1.29, 1.82) is 0 Å². The molecule has 4 nitrogen and oxygen atoms in total. The molecule has 0 radical (unpaired) electrons. The van der Waals surface area contributed by atoms with Crippen LogP contribution in [0.25, 0.3) is 0 Å². The number of hydrogen-bond acceptors (Lipinski definition) is 4. The van der Waals surface area contributed by atoms with E-state index in [0.29, 0.717) is 23.4 Å². The third kappa shape index (κ3) is 3.31. The molecule has 0 aliphatic carbocycles. The van der Waals surface area contributed by atoms with E-state index in [-0.39, 0.29) is 12.2 Å². The maximum Gasteiger partial charge on any atom is 0.154 e. The zero-order valence-electron chi connectivity index (χ0n) is 11.0. The maximum absolute atomic E-state index is 13.8. The molecule has 0 saturated carbocycles. The fraction of sp³-hybridized carbons (Fsp3) is 0.538. The minimum atomic E-state index is -3.19. The lowest BCUT2D eigenvalue weighted by Gasteiger charge is -2.30. The van der Waals surface area contributed by atoms with Crippen LogP contribution >= 0.6 is 11.6 Å². The number of benzene rings is 1. The average molecular weight is 321 g/mol. The molecule has 1 aromatic carbocycles. The molecule has 1 aliphatic heterocycles. The second-order valence-corrected chi connectivity index (χ2v) is 7.83. The maximum atomic E-state index is 13.8. The van der Waals surface area contributed by atoms with Gasteiger partial charge < -0.3 is 0 Å². The van der Waals surface area contributed by atoms with Crippen molar-refractivity contribution in [2.75, 3.05) is 5.75 Å². The summed E-state index contributed by atoms with van der Waals surface area (Å²) in [7, 11) is -3.19. The molecule has 0 bridgehead atoms. The summed E-state index contributed by atoms with van der Waals surface area (Å²) in [6.07, 6.45) is 2.22. The smallest absolute Gasteiger partial charge is 0.154 e. The number of hydrogen-bond donors (Lipinski definition) is 2. The van der Waals surface area contributed by atoms with Gasteiger partial charge in [-0.2, -0.15) is 0 Å². The fourth-order valence-corrected chi connectivity index (χ4v) is 5.03. The SMILES string of the molecule is NNC(Cc1c(F)cccc1Cl)C1CCCCS1(=O)=O. The Balaban J connectivity index is 2.25. The molecule has 3 N–H and O–H groups in total. The lowest BCUT2D eigenvalue weighted by Crippen LogP contribution is -2.50. The van der Waals surface area contributed by atoms with Crippen LogP contribution in [0.15, 0.2) is 18.2 Å². The zero-order valence-corrected chi connectivity index (χ0v) is 12.6. The van der Waals surface area contributed by atoms with Gasteiger partial charge in [0.25, 0.3) is 0 Å². The second kappa shape index (κ2) is 6.39. The molecule has 0 aromatic heterocycles. The van der Waals surface area contributed by atoms with E-state index in [1.165, 1.54) is 12.1 Å². The van der Waals surface area contributed by atoms with Gasteiger partial charge in [-0.15, -0.1) is 0 Å². The van der Waals surface area contributed by atoms with Crippen LogP contribution in [0.4, 0.5) is 4.39 Å². The molecule has 1 heterocycles. The van der Waals surface area contributed by atoms with E-state index in [4.69, 9.17) is 17.4 Å². The van der Waals surface area contributed by atoms with Crippen molar-refractivity contribution in [3.05, 3.63) is 34.6 Å². The molecule has 2 atom stereocenters. The van der Waals surface area contributed by atoms with E-state index in [1.807, 2.05) is 0 Å². The first-order chi connectivity index (χ1) is 9.45. The Kier molecular flexibility index (Phi) is 5.01. The molecule has 7 heteroatoms. The minimum absolute atomic E-state index is 0.159. The first kappa shape index (κ1) is 15.7. The summed E-state index contributed by atoms with van der Waals surface area (Å²) >= 11 is 5.98. The molecular weight excluding hydrogens is 303 g/mol. The van der Waals surface area contributed by atoms with Gasteiger partial charge in [-0.3, -0.25) is 11.3 Å². The molecule has 112 valence electrons. The minimum Gasteiger partial charge on any atom is -0.271 e. The van der Waals surface area contributed by atoms with Gasteiger partial charge in [0.15, 0.2) is 9.84 Å². The van der Waals surface area contributed by atoms with Gasteiger partial charge in [0.05, 0.1) is 11.0 Å². The molecule has 1 aromatic rings. The highest BCUT2D eigenvalue weighted by atomic mass is 35.5. The monoisotopic (exact) mass is 320 g/mol. The molecule has 20 heavy (non-hydrogen) atoms. The third-order valence-electron chi connectivity index (χ3n) is 3.78. The van der Waals surface area contributed by atoms with E-state index in [9.17, 15) is 12.8 Å². The van der Waals surface area contributed by atoms with Crippen LogP contribution in [0, 0.1) is 5.82 Å². The molecule has 1 aliphatic rings. The van der Waals surface area contributed by atoms with Crippen LogP contribution in [0.1, 0.15) is 24.8 Å². The quantitative estimate of drug-likeness (QED) is 0.655. The van der Waals surface area contributed by atoms with E-state index in [2.05, 4.69) is 5.43 Å². The summed E-state index contributed by atoms with van der Waals surface area (Å²) in [5, 5.41) is -0.296. The van der Waals surface area contributed by atoms with Crippen LogP contribution in [0.2, 0.25) is 5.02 Å². The molecule has 0 spiro atoms. The molecule has 2 unspecified atom stereocenters. The highest BCUT2D eigenvalue weighted by Crippen LogP contribution is 2.27. The van der Waals surface area contributed by atoms with Gasteiger partial charge in [0, 0.05) is 16.6 Å². The number of halogens is 2. The van der Waals surface area contributed by atoms with Crippen LogP contribution in [-0.4, -0.2) is 25.5 Å². The largest absolute Gasteiger partial charge is 0.271 e. The van der Waals surface area contributed by atoms with E-state index in [0.717, 1.165) is 6.42 Å². The Bertz CT molecular complexity index is 559. The van der Waals surface area contributed by atoms with Gasteiger partial charge in [-0.05, 0) is 31.4 Å². The Labute approximate surface area is 123 Å². The summed E-state index contributed by atoms with van der Waals surface area (Å²) in [5.74, 6) is 5.22. The van der Waals surface area contributed by atoms with Gasteiger partial charge in [0.1, 0.15) is 5.82 Å². The van der Waals surface area contributed by atoms with Gasteiger partial charge in [0.2, 0.25) is 0 Å². The van der Waals surface area contributed by atoms with Crippen molar-refractivity contribution in [1.82, 2.24) is 5.43 Å². The average Bonchev–Trinajstić information content (AvgIpc) is 2.39. The van der Waals surface area contributed by atoms with Crippen molar-refractivity contribution >= 4 is 21.4 Å². The standard InChI is InChI=1S/C13H18ClFN2O2S/c14-10-4-3-5-11(15)9(10)8-12(17-16)13-6-1-2-7-20(13,18)19/h3-5,12-13,17H,1-2,6-8,16H2. The van der Waals surface area contributed by atoms with Gasteiger partial charge in [-0.1, -0.05) is 24.1 Å². The Morgan fingerprint density at radius 3 is 2.80 bits per heavy atom. The topological polar surface area (TPSA) is 72.2 Å². The molecule has 0 amide bonds. The Morgan fingerprint density at radius 1 is 1.45 bits per heavy atom. The molecule has 1 fully saturated rings. The predicted molar refractivity (Wildman–Crippen MR) is 77.7 cm³/mol. The van der Waals surface area contributed by atoms with Crippen molar-refractivity contribution in [3.63, 3.8) is 0 Å². The van der Waals surface area contributed by atoms with Crippen molar-refractivity contribution < 1.29 is 12.8 Å². The van der Waals surface area contributed by atoms with Crippen LogP contribution in [0.5, 0.6) is 0 Å². The summed E-state index contributed by atoms with van der Waals surface area (Å²) in [4.78, 5) is 0. The highest BCUT2D eigenvalue weighted by molar-refractivity contribution is 7.92. The Hall–Kier alpha value is -0.690. The first-order valence-electron chi connectivity index (χ1n) is 6.56. The van der Waals surface area contributed by atoms with Crippen molar-refractivity contribution in [2.24, 2.45) is 5.84 Å². The van der Waals surface area contributed by atoms with Crippen LogP contribution in [-0.2, 0) is 16.3 Å². The lowest BCUT2D eigenvalue weighted by atomic mass is 9.99. The Morgan fingerprint density at radius 2 is 2.20 bits per heavy atom. The van der Waals surface area contributed by atoms with Gasteiger partial charge in [-0.25, -0.2) is 12.8 Å². The molecular formula is C13H18ClFN2O2S. The van der Waals surface area contributed by atoms with Crippen molar-refractivity contribution in [2.45, 2.75) is 37.0 Å². The zero-order chi connectivity index (χ0) is 14.8. The normalized spacial score (nSPS) is 23.4. The first-order valence-corrected chi connectivity index (χ1v) is 8.65. The summed E-state index contributed by atoms with van der Waals surface area (Å²) in [6, 6.07) is 3.88.